The predicted octanol–water partition coefficient (Wildman–Crippen LogP) is 2.69. The molecule has 0 aromatic heterocycles. The van der Waals surface area contributed by atoms with Gasteiger partial charge in [0.15, 0.2) is 0 Å². The van der Waals surface area contributed by atoms with Gasteiger partial charge in [0.05, 0.1) is 0 Å². The molecule has 1 unspecified atom stereocenters. The molecule has 3 nitrogen and oxygen atoms in total. The number of nitrogens with zero attached hydrogens (tertiary/aromatic N) is 1. The first kappa shape index (κ1) is 15.3. The van der Waals surface area contributed by atoms with Gasteiger partial charge in [-0.15, -0.1) is 0 Å². The Labute approximate surface area is 123 Å². The van der Waals surface area contributed by atoms with Gasteiger partial charge >= 0.3 is 0 Å². The monoisotopic (exact) mass is 276 g/mol. The van der Waals surface area contributed by atoms with E-state index in [0.29, 0.717) is 6.54 Å². The minimum Gasteiger partial charge on any atom is -0.492 e. The molecule has 2 rings (SSSR count). The summed E-state index contributed by atoms with van der Waals surface area (Å²) >= 11 is 0. The van der Waals surface area contributed by atoms with Crippen molar-refractivity contribution in [3.8, 4) is 5.75 Å². The van der Waals surface area contributed by atoms with Gasteiger partial charge in [0.2, 0.25) is 0 Å². The van der Waals surface area contributed by atoms with E-state index >= 15 is 0 Å². The van der Waals surface area contributed by atoms with Crippen LogP contribution in [0.15, 0.2) is 24.3 Å². The quantitative estimate of drug-likeness (QED) is 0.793. The van der Waals surface area contributed by atoms with Crippen LogP contribution in [0.25, 0.3) is 0 Å². The second-order valence-electron chi connectivity index (χ2n) is 5.78. The fourth-order valence-corrected chi connectivity index (χ4v) is 2.97. The molecule has 1 heterocycles. The molecule has 1 aliphatic rings. The van der Waals surface area contributed by atoms with E-state index in [-0.39, 0.29) is 0 Å². The van der Waals surface area contributed by atoms with Crippen LogP contribution in [0, 0.1) is 5.92 Å². The molecule has 0 radical (unpaired) electrons. The van der Waals surface area contributed by atoms with E-state index < -0.39 is 0 Å². The largest absolute Gasteiger partial charge is 0.492 e. The van der Waals surface area contributed by atoms with Crippen LogP contribution in [0.1, 0.15) is 31.7 Å². The highest BCUT2D eigenvalue weighted by molar-refractivity contribution is 5.27. The van der Waals surface area contributed by atoms with Crippen LogP contribution in [-0.4, -0.2) is 37.7 Å². The van der Waals surface area contributed by atoms with E-state index in [4.69, 9.17) is 10.5 Å². The molecule has 112 valence electrons. The van der Waals surface area contributed by atoms with Crippen molar-refractivity contribution in [2.24, 2.45) is 11.7 Å². The molecule has 1 fully saturated rings. The molecular formula is C17H28N2O. The van der Waals surface area contributed by atoms with E-state index in [1.54, 1.807) is 0 Å². The highest BCUT2D eigenvalue weighted by atomic mass is 16.5. The zero-order chi connectivity index (χ0) is 14.2. The first-order valence-electron chi connectivity index (χ1n) is 7.96. The van der Waals surface area contributed by atoms with Crippen molar-refractivity contribution in [2.75, 3.05) is 32.8 Å². The Kier molecular flexibility index (Phi) is 6.34. The average Bonchev–Trinajstić information content (AvgIpc) is 2.89. The Bertz CT molecular complexity index is 377. The highest BCUT2D eigenvalue weighted by Crippen LogP contribution is 2.20. The highest BCUT2D eigenvalue weighted by Gasteiger charge is 2.20. The molecule has 0 spiro atoms. The normalized spacial score (nSPS) is 19.4. The molecule has 20 heavy (non-hydrogen) atoms. The third-order valence-electron chi connectivity index (χ3n) is 4.10. The summed E-state index contributed by atoms with van der Waals surface area (Å²) in [5, 5.41) is 0. The molecule has 0 amide bonds. The van der Waals surface area contributed by atoms with Crippen molar-refractivity contribution in [3.63, 3.8) is 0 Å². The molecule has 1 atom stereocenters. The van der Waals surface area contributed by atoms with Crippen LogP contribution >= 0.6 is 0 Å². The maximum atomic E-state index is 5.82. The van der Waals surface area contributed by atoms with Gasteiger partial charge in [-0.1, -0.05) is 25.5 Å². The Balaban J connectivity index is 1.66. The number of ether oxygens (including phenoxy) is 1. The van der Waals surface area contributed by atoms with Crippen LogP contribution in [0.5, 0.6) is 5.75 Å². The fourth-order valence-electron chi connectivity index (χ4n) is 2.97. The summed E-state index contributed by atoms with van der Waals surface area (Å²) in [7, 11) is 0. The van der Waals surface area contributed by atoms with Crippen LogP contribution in [0.4, 0.5) is 0 Å². The third kappa shape index (κ3) is 4.80. The van der Waals surface area contributed by atoms with E-state index in [2.05, 4.69) is 36.1 Å². The smallest absolute Gasteiger partial charge is 0.119 e. The van der Waals surface area contributed by atoms with Gasteiger partial charge in [0.25, 0.3) is 0 Å². The second kappa shape index (κ2) is 8.28. The minimum atomic E-state index is 0.702. The summed E-state index contributed by atoms with van der Waals surface area (Å²) < 4.78 is 5.82. The zero-order valence-corrected chi connectivity index (χ0v) is 12.7. The summed E-state index contributed by atoms with van der Waals surface area (Å²) in [4.78, 5) is 2.53. The lowest BCUT2D eigenvalue weighted by Crippen LogP contribution is -2.26. The number of hydrogen-bond acceptors (Lipinski definition) is 3. The maximum absolute atomic E-state index is 5.82. The van der Waals surface area contributed by atoms with Crippen molar-refractivity contribution >= 4 is 0 Å². The number of benzene rings is 1. The topological polar surface area (TPSA) is 38.5 Å². The maximum Gasteiger partial charge on any atom is 0.119 e. The zero-order valence-electron chi connectivity index (χ0n) is 12.7. The molecule has 1 aromatic carbocycles. The third-order valence-corrected chi connectivity index (χ3v) is 4.10. The molecule has 2 N–H and O–H groups in total. The van der Waals surface area contributed by atoms with Gasteiger partial charge in [0.1, 0.15) is 12.4 Å². The molecule has 0 saturated carbocycles. The van der Waals surface area contributed by atoms with Crippen molar-refractivity contribution in [1.82, 2.24) is 4.90 Å². The summed E-state index contributed by atoms with van der Waals surface area (Å²) in [6, 6.07) is 8.31. The van der Waals surface area contributed by atoms with Crippen LogP contribution in [0.3, 0.4) is 0 Å². The molecule has 3 heteroatoms. The van der Waals surface area contributed by atoms with Crippen LogP contribution in [0.2, 0.25) is 0 Å². The standard InChI is InChI=1S/C17H28N2O/c1-2-3-16-9-11-19(14-16)12-13-20-17-6-4-15(5-7-17)8-10-18/h4-7,16H,2-3,8-14,18H2,1H3. The molecule has 0 aliphatic carbocycles. The van der Waals surface area contributed by atoms with Gasteiger partial charge in [-0.3, -0.25) is 4.90 Å². The molecule has 1 aliphatic heterocycles. The summed E-state index contributed by atoms with van der Waals surface area (Å²) in [6.45, 7) is 7.31. The van der Waals surface area contributed by atoms with Gasteiger partial charge in [-0.25, -0.2) is 0 Å². The van der Waals surface area contributed by atoms with Crippen LogP contribution in [-0.2, 0) is 6.42 Å². The van der Waals surface area contributed by atoms with Gasteiger partial charge in [-0.05, 0) is 56.0 Å². The molecule has 1 saturated heterocycles. The Hall–Kier alpha value is -1.06. The van der Waals surface area contributed by atoms with E-state index in [0.717, 1.165) is 31.2 Å². The first-order valence-corrected chi connectivity index (χ1v) is 7.96. The fraction of sp³-hybridized carbons (Fsp3) is 0.647. The Morgan fingerprint density at radius 3 is 2.80 bits per heavy atom. The lowest BCUT2D eigenvalue weighted by atomic mass is 10.0. The van der Waals surface area contributed by atoms with Crippen molar-refractivity contribution < 1.29 is 4.74 Å². The summed E-state index contributed by atoms with van der Waals surface area (Å²) in [5.74, 6) is 1.88. The van der Waals surface area contributed by atoms with Crippen molar-refractivity contribution in [3.05, 3.63) is 29.8 Å². The Morgan fingerprint density at radius 1 is 1.30 bits per heavy atom. The molecule has 0 bridgehead atoms. The minimum absolute atomic E-state index is 0.702. The SMILES string of the molecule is CCCC1CCN(CCOc2ccc(CCN)cc2)C1. The first-order chi connectivity index (χ1) is 9.81. The van der Waals surface area contributed by atoms with Crippen molar-refractivity contribution in [2.45, 2.75) is 32.6 Å². The second-order valence-corrected chi connectivity index (χ2v) is 5.78. The van der Waals surface area contributed by atoms with Crippen LogP contribution < -0.4 is 10.5 Å². The van der Waals surface area contributed by atoms with Crippen molar-refractivity contribution in [1.29, 1.82) is 0 Å². The predicted molar refractivity (Wildman–Crippen MR) is 84.2 cm³/mol. The summed E-state index contributed by atoms with van der Waals surface area (Å²) in [6.07, 6.45) is 4.98. The number of rotatable bonds is 8. The lowest BCUT2D eigenvalue weighted by molar-refractivity contribution is 0.232. The van der Waals surface area contributed by atoms with Gasteiger partial charge in [-0.2, -0.15) is 0 Å². The average molecular weight is 276 g/mol. The van der Waals surface area contributed by atoms with E-state index in [1.165, 1.54) is 37.9 Å². The van der Waals surface area contributed by atoms with E-state index in [1.807, 2.05) is 0 Å². The molecular weight excluding hydrogens is 248 g/mol. The Morgan fingerprint density at radius 2 is 2.10 bits per heavy atom. The van der Waals surface area contributed by atoms with Gasteiger partial charge in [0, 0.05) is 13.1 Å². The van der Waals surface area contributed by atoms with E-state index in [9.17, 15) is 0 Å². The molecule has 1 aromatic rings. The number of hydrogen-bond donors (Lipinski definition) is 1. The number of likely N-dealkylation sites (tertiary alicyclic amines) is 1. The number of nitrogens with two attached hydrogens (primary N) is 1. The van der Waals surface area contributed by atoms with Gasteiger partial charge < -0.3 is 10.5 Å². The summed E-state index contributed by atoms with van der Waals surface area (Å²) in [5.41, 5.74) is 6.82. The lowest BCUT2D eigenvalue weighted by Gasteiger charge is -2.16.